The number of likely N-dealkylation sites (tertiary alicyclic amines) is 2. The molecule has 3 aromatic rings. The Kier molecular flexibility index (Phi) is 6.73. The van der Waals surface area contributed by atoms with Gasteiger partial charge >= 0.3 is 6.18 Å². The number of carbonyl (C=O) groups excluding carboxylic acids is 2. The van der Waals surface area contributed by atoms with Gasteiger partial charge in [0.2, 0.25) is 11.8 Å². The van der Waals surface area contributed by atoms with Crippen molar-refractivity contribution in [2.45, 2.75) is 49.4 Å². The van der Waals surface area contributed by atoms with Crippen LogP contribution >= 0.6 is 0 Å². The molecule has 1 saturated carbocycles. The first-order chi connectivity index (χ1) is 21.5. The molecule has 0 unspecified atom stereocenters. The minimum Gasteiger partial charge on any atom is -0.495 e. The highest BCUT2D eigenvalue weighted by Crippen LogP contribution is 2.57. The first kappa shape index (κ1) is 29.3. The van der Waals surface area contributed by atoms with E-state index in [4.69, 9.17) is 9.47 Å². The van der Waals surface area contributed by atoms with E-state index in [1.54, 1.807) is 36.2 Å². The minimum atomic E-state index is -4.81. The molecule has 1 aliphatic carbocycles. The first-order valence-electron chi connectivity index (χ1n) is 15.0. The summed E-state index contributed by atoms with van der Waals surface area (Å²) >= 11 is 0. The molecule has 0 radical (unpaired) electrons. The molecule has 0 bridgehead atoms. The van der Waals surface area contributed by atoms with E-state index in [9.17, 15) is 22.8 Å². The molecule has 4 aliphatic rings. The van der Waals surface area contributed by atoms with Gasteiger partial charge in [0.25, 0.3) is 11.8 Å². The van der Waals surface area contributed by atoms with Gasteiger partial charge in [-0.2, -0.15) is 18.2 Å². The molecule has 45 heavy (non-hydrogen) atoms. The molecule has 4 heterocycles. The van der Waals surface area contributed by atoms with Crippen LogP contribution in [-0.2, 0) is 11.7 Å². The molecule has 2 saturated heterocycles. The summed E-state index contributed by atoms with van der Waals surface area (Å²) < 4.78 is 53.4. The number of piperidine rings is 1. The van der Waals surface area contributed by atoms with Crippen molar-refractivity contribution < 1.29 is 32.2 Å². The Morgan fingerprint density at radius 3 is 2.38 bits per heavy atom. The number of aromatic nitrogens is 2. The zero-order valence-electron chi connectivity index (χ0n) is 25.2. The SMILES string of the molecule is COc1cc(C(=O)N2CCC23CCN(C)CC3)ccc1Nc1ncc(C(F)(F)F)c(Oc2cccc3c2C(=O)N(C)C32CC2)n1. The summed E-state index contributed by atoms with van der Waals surface area (Å²) in [4.78, 5) is 40.4. The van der Waals surface area contributed by atoms with E-state index in [1.165, 1.54) is 13.2 Å². The molecule has 2 aromatic carbocycles. The van der Waals surface area contributed by atoms with Gasteiger partial charge in [0.1, 0.15) is 17.1 Å². The Morgan fingerprint density at radius 2 is 1.73 bits per heavy atom. The van der Waals surface area contributed by atoms with Crippen LogP contribution in [0.5, 0.6) is 17.4 Å². The number of benzene rings is 2. The highest BCUT2D eigenvalue weighted by Gasteiger charge is 2.57. The van der Waals surface area contributed by atoms with Crippen molar-refractivity contribution in [2.75, 3.05) is 46.2 Å². The van der Waals surface area contributed by atoms with E-state index in [2.05, 4.69) is 27.2 Å². The predicted octanol–water partition coefficient (Wildman–Crippen LogP) is 5.42. The first-order valence-corrected chi connectivity index (χ1v) is 15.0. The number of nitrogens with zero attached hydrogens (tertiary/aromatic N) is 5. The van der Waals surface area contributed by atoms with Crippen LogP contribution in [0.4, 0.5) is 24.8 Å². The van der Waals surface area contributed by atoms with E-state index < -0.39 is 23.2 Å². The van der Waals surface area contributed by atoms with Crippen molar-refractivity contribution in [1.29, 1.82) is 0 Å². The summed E-state index contributed by atoms with van der Waals surface area (Å²) in [6.07, 6.45) is 0.230. The van der Waals surface area contributed by atoms with Gasteiger partial charge in [0.05, 0.1) is 23.9 Å². The Hall–Kier alpha value is -4.39. The fraction of sp³-hybridized carbons (Fsp3) is 0.438. The van der Waals surface area contributed by atoms with Crippen molar-refractivity contribution in [2.24, 2.45) is 0 Å². The van der Waals surface area contributed by atoms with Crippen molar-refractivity contribution in [3.63, 3.8) is 0 Å². The van der Waals surface area contributed by atoms with Crippen LogP contribution in [0.2, 0.25) is 0 Å². The van der Waals surface area contributed by atoms with Crippen molar-refractivity contribution >= 4 is 23.5 Å². The van der Waals surface area contributed by atoms with E-state index >= 15 is 0 Å². The maximum atomic E-state index is 14.0. The maximum absolute atomic E-state index is 14.0. The van der Waals surface area contributed by atoms with Gasteiger partial charge < -0.3 is 29.5 Å². The molecule has 10 nitrogen and oxygen atoms in total. The minimum absolute atomic E-state index is 0.00269. The number of fused-ring (bicyclic) bond motifs is 2. The van der Waals surface area contributed by atoms with Gasteiger partial charge in [-0.15, -0.1) is 0 Å². The average Bonchev–Trinajstić information content (AvgIpc) is 3.78. The molecule has 7 rings (SSSR count). The number of hydrogen-bond donors (Lipinski definition) is 1. The quantitative estimate of drug-likeness (QED) is 0.389. The van der Waals surface area contributed by atoms with Gasteiger partial charge in [0.15, 0.2) is 0 Å². The standard InChI is InChI=1S/C32H33F3N6O4/c1-39-14-11-30(12-15-39)13-16-41(30)27(42)19-7-8-22(24(17-19)44-3)37-29-36-18-21(32(33,34)35)26(38-29)45-23-6-4-5-20-25(23)28(43)40(2)31(20)9-10-31/h4-8,17-18H,9-16H2,1-3H3,(H,36,37,38). The van der Waals surface area contributed by atoms with Gasteiger partial charge in [0, 0.05) is 44.0 Å². The summed E-state index contributed by atoms with van der Waals surface area (Å²) in [5.74, 6) is -1.02. The molecule has 2 amide bonds. The van der Waals surface area contributed by atoms with Crippen molar-refractivity contribution in [3.05, 3.63) is 64.8 Å². The van der Waals surface area contributed by atoms with Crippen LogP contribution < -0.4 is 14.8 Å². The zero-order chi connectivity index (χ0) is 31.7. The smallest absolute Gasteiger partial charge is 0.423 e. The third-order valence-corrected chi connectivity index (χ3v) is 9.91. The highest BCUT2D eigenvalue weighted by atomic mass is 19.4. The molecule has 2 spiro atoms. The van der Waals surface area contributed by atoms with Gasteiger partial charge in [-0.05, 0) is 69.0 Å². The number of methoxy groups -OCH3 is 1. The predicted molar refractivity (Wildman–Crippen MR) is 158 cm³/mol. The van der Waals surface area contributed by atoms with Crippen molar-refractivity contribution in [3.8, 4) is 17.4 Å². The summed E-state index contributed by atoms with van der Waals surface area (Å²) in [5, 5.41) is 2.90. The van der Waals surface area contributed by atoms with E-state index in [-0.39, 0.29) is 34.6 Å². The second kappa shape index (κ2) is 10.3. The van der Waals surface area contributed by atoms with Crippen LogP contribution in [0.25, 0.3) is 0 Å². The molecule has 0 atom stereocenters. The Morgan fingerprint density at radius 1 is 1.00 bits per heavy atom. The number of carbonyl (C=O) groups is 2. The number of ether oxygens (including phenoxy) is 2. The van der Waals surface area contributed by atoms with Crippen LogP contribution in [0.1, 0.15) is 63.9 Å². The number of hydrogen-bond acceptors (Lipinski definition) is 8. The van der Waals surface area contributed by atoms with Crippen LogP contribution in [0.3, 0.4) is 0 Å². The number of rotatable bonds is 6. The summed E-state index contributed by atoms with van der Waals surface area (Å²) in [6, 6.07) is 9.81. The van der Waals surface area contributed by atoms with Crippen LogP contribution in [0.15, 0.2) is 42.6 Å². The summed E-state index contributed by atoms with van der Waals surface area (Å²) in [7, 11) is 5.21. The highest BCUT2D eigenvalue weighted by molar-refractivity contribution is 6.03. The summed E-state index contributed by atoms with van der Waals surface area (Å²) in [5.41, 5.74) is 0.0636. The average molecular weight is 623 g/mol. The molecule has 1 aromatic heterocycles. The number of halogens is 3. The monoisotopic (exact) mass is 622 g/mol. The Labute approximate surface area is 258 Å². The fourth-order valence-corrected chi connectivity index (χ4v) is 6.91. The molecule has 3 aliphatic heterocycles. The molecular weight excluding hydrogens is 589 g/mol. The third kappa shape index (κ3) is 4.75. The van der Waals surface area contributed by atoms with Gasteiger partial charge in [-0.25, -0.2) is 4.98 Å². The van der Waals surface area contributed by atoms with Gasteiger partial charge in [-0.1, -0.05) is 12.1 Å². The Bertz CT molecular complexity index is 1700. The number of amides is 2. The maximum Gasteiger partial charge on any atom is 0.423 e. The number of anilines is 2. The second-order valence-electron chi connectivity index (χ2n) is 12.4. The van der Waals surface area contributed by atoms with Crippen LogP contribution in [-0.4, -0.2) is 82.9 Å². The lowest BCUT2D eigenvalue weighted by Crippen LogP contribution is -2.65. The van der Waals surface area contributed by atoms with E-state index in [0.29, 0.717) is 29.7 Å². The normalized spacial score (nSPS) is 19.8. The fourth-order valence-electron chi connectivity index (χ4n) is 6.91. The lowest BCUT2D eigenvalue weighted by Gasteiger charge is -2.56. The molecule has 1 N–H and O–H groups in total. The molecule has 3 fully saturated rings. The second-order valence-corrected chi connectivity index (χ2v) is 12.4. The number of alkyl halides is 3. The molecule has 236 valence electrons. The lowest BCUT2D eigenvalue weighted by molar-refractivity contribution is -0.139. The zero-order valence-corrected chi connectivity index (χ0v) is 25.2. The summed E-state index contributed by atoms with van der Waals surface area (Å²) in [6.45, 7) is 2.58. The topological polar surface area (TPSA) is 100 Å². The third-order valence-electron chi connectivity index (χ3n) is 9.91. The molecular formula is C32H33F3N6O4. The lowest BCUT2D eigenvalue weighted by atomic mass is 9.76. The van der Waals surface area contributed by atoms with Crippen LogP contribution in [0, 0.1) is 0 Å². The Balaban J connectivity index is 1.16. The molecule has 13 heteroatoms. The van der Waals surface area contributed by atoms with E-state index in [0.717, 1.165) is 50.8 Å². The van der Waals surface area contributed by atoms with Crippen molar-refractivity contribution in [1.82, 2.24) is 24.7 Å². The van der Waals surface area contributed by atoms with E-state index in [1.807, 2.05) is 11.0 Å². The largest absolute Gasteiger partial charge is 0.495 e. The number of nitrogens with one attached hydrogen (secondary N) is 1. The van der Waals surface area contributed by atoms with Gasteiger partial charge in [-0.3, -0.25) is 9.59 Å².